The van der Waals surface area contributed by atoms with Crippen molar-refractivity contribution in [3.63, 3.8) is 0 Å². The first-order valence-electron chi connectivity index (χ1n) is 4.74. The Morgan fingerprint density at radius 1 is 1.20 bits per heavy atom. The molecule has 0 amide bonds. The number of hydrogen-bond donors (Lipinski definition) is 0. The molecule has 1 nitrogen and oxygen atoms in total. The number of benzene rings is 1. The van der Waals surface area contributed by atoms with Gasteiger partial charge >= 0.3 is 0 Å². The first-order chi connectivity index (χ1) is 6.80. The lowest BCUT2D eigenvalue weighted by molar-refractivity contribution is -0.116. The minimum atomic E-state index is -0.831. The average molecular weight is 290 g/mol. The van der Waals surface area contributed by atoms with Gasteiger partial charge < -0.3 is 0 Å². The summed E-state index contributed by atoms with van der Waals surface area (Å²) >= 11 is 9.22. The summed E-state index contributed by atoms with van der Waals surface area (Å²) in [7, 11) is 0. The average Bonchev–Trinajstić information content (AvgIpc) is 2.16. The number of carbonyl (C=O) groups is 1. The highest BCUT2D eigenvalue weighted by Crippen LogP contribution is 2.48. The third-order valence-electron chi connectivity index (χ3n) is 2.48. The van der Waals surface area contributed by atoms with Crippen molar-refractivity contribution in [2.24, 2.45) is 5.41 Å². The molecule has 0 aliphatic rings. The molecule has 1 aromatic rings. The van der Waals surface area contributed by atoms with E-state index >= 15 is 0 Å². The maximum atomic E-state index is 11.6. The molecule has 15 heavy (non-hydrogen) atoms. The molecule has 0 spiro atoms. The molecule has 0 fully saturated rings. The summed E-state index contributed by atoms with van der Waals surface area (Å²) in [6, 6.07) is 9.52. The Kier molecular flexibility index (Phi) is 3.62. The zero-order valence-corrected chi connectivity index (χ0v) is 11.4. The smallest absolute Gasteiger partial charge is 0.243 e. The standard InChI is InChI=1S/C12H14BrClO/c1-11(2,3)12(13,10(14)15)9-7-5-4-6-8-9/h4-8H,1-3H3. The molecular formula is C12H14BrClO. The highest BCUT2D eigenvalue weighted by Gasteiger charge is 2.46. The molecule has 0 bridgehead atoms. The van der Waals surface area contributed by atoms with Crippen molar-refractivity contribution in [2.45, 2.75) is 25.1 Å². The number of halogens is 2. The van der Waals surface area contributed by atoms with Crippen molar-refractivity contribution in [2.75, 3.05) is 0 Å². The minimum absolute atomic E-state index is 0.285. The molecule has 1 unspecified atom stereocenters. The summed E-state index contributed by atoms with van der Waals surface area (Å²) in [4.78, 5) is 11.6. The van der Waals surface area contributed by atoms with E-state index in [0.29, 0.717) is 0 Å². The SMILES string of the molecule is CC(C)(C)C(Br)(C(=O)Cl)c1ccccc1. The fraction of sp³-hybridized carbons (Fsp3) is 0.417. The van der Waals surface area contributed by atoms with Crippen molar-refractivity contribution in [1.29, 1.82) is 0 Å². The molecule has 1 rings (SSSR count). The van der Waals surface area contributed by atoms with Crippen molar-refractivity contribution >= 4 is 32.8 Å². The van der Waals surface area contributed by atoms with Gasteiger partial charge in [0, 0.05) is 0 Å². The van der Waals surface area contributed by atoms with Crippen LogP contribution in [-0.2, 0) is 9.12 Å². The summed E-state index contributed by atoms with van der Waals surface area (Å²) in [5.74, 6) is 0. The van der Waals surface area contributed by atoms with Crippen LogP contribution in [0.15, 0.2) is 30.3 Å². The second kappa shape index (κ2) is 4.26. The van der Waals surface area contributed by atoms with E-state index in [2.05, 4.69) is 15.9 Å². The van der Waals surface area contributed by atoms with E-state index < -0.39 is 4.32 Å². The molecule has 0 N–H and O–H groups in total. The molecule has 3 heteroatoms. The second-order valence-corrected chi connectivity index (χ2v) is 6.08. The van der Waals surface area contributed by atoms with E-state index in [0.717, 1.165) is 5.56 Å². The van der Waals surface area contributed by atoms with Gasteiger partial charge in [0.15, 0.2) is 0 Å². The Balaban J connectivity index is 3.32. The van der Waals surface area contributed by atoms with Gasteiger partial charge in [0.2, 0.25) is 5.24 Å². The molecule has 0 aliphatic carbocycles. The van der Waals surface area contributed by atoms with Gasteiger partial charge in [0.1, 0.15) is 4.32 Å². The summed E-state index contributed by atoms with van der Waals surface area (Å²) in [5, 5.41) is -0.388. The Labute approximate surface area is 104 Å². The highest BCUT2D eigenvalue weighted by atomic mass is 79.9. The number of hydrogen-bond acceptors (Lipinski definition) is 1. The summed E-state index contributed by atoms with van der Waals surface area (Å²) in [6.45, 7) is 5.94. The van der Waals surface area contributed by atoms with Gasteiger partial charge in [-0.05, 0) is 22.6 Å². The minimum Gasteiger partial charge on any atom is -0.279 e. The van der Waals surface area contributed by atoms with E-state index in [1.807, 2.05) is 51.1 Å². The lowest BCUT2D eigenvalue weighted by atomic mass is 9.77. The molecule has 0 heterocycles. The van der Waals surface area contributed by atoms with Gasteiger partial charge in [0.25, 0.3) is 0 Å². The predicted molar refractivity (Wildman–Crippen MR) is 67.4 cm³/mol. The Hall–Kier alpha value is -0.340. The number of rotatable bonds is 2. The van der Waals surface area contributed by atoms with Gasteiger partial charge in [-0.1, -0.05) is 67.0 Å². The lowest BCUT2D eigenvalue weighted by Gasteiger charge is -2.37. The molecular weight excluding hydrogens is 275 g/mol. The van der Waals surface area contributed by atoms with Gasteiger partial charge in [-0.15, -0.1) is 0 Å². The molecule has 0 radical (unpaired) electrons. The van der Waals surface area contributed by atoms with Crippen LogP contribution in [0.4, 0.5) is 0 Å². The van der Waals surface area contributed by atoms with Crippen LogP contribution in [0.25, 0.3) is 0 Å². The Bertz CT molecular complexity index is 356. The first-order valence-corrected chi connectivity index (χ1v) is 5.91. The Morgan fingerprint density at radius 2 is 1.67 bits per heavy atom. The number of alkyl halides is 1. The van der Waals surface area contributed by atoms with Gasteiger partial charge in [-0.2, -0.15) is 0 Å². The van der Waals surface area contributed by atoms with E-state index in [-0.39, 0.29) is 10.7 Å². The second-order valence-electron chi connectivity index (χ2n) is 4.55. The largest absolute Gasteiger partial charge is 0.279 e. The van der Waals surface area contributed by atoms with Crippen LogP contribution in [0.1, 0.15) is 26.3 Å². The van der Waals surface area contributed by atoms with Crippen molar-refractivity contribution < 1.29 is 4.79 Å². The molecule has 82 valence electrons. The van der Waals surface area contributed by atoms with E-state index in [9.17, 15) is 4.79 Å². The van der Waals surface area contributed by atoms with Gasteiger partial charge in [0.05, 0.1) is 0 Å². The predicted octanol–water partition coefficient (Wildman–Crippen LogP) is 4.09. The monoisotopic (exact) mass is 288 g/mol. The molecule has 1 atom stereocenters. The normalized spacial score (nSPS) is 15.8. The van der Waals surface area contributed by atoms with Gasteiger partial charge in [-0.3, -0.25) is 4.79 Å². The third kappa shape index (κ3) is 2.26. The lowest BCUT2D eigenvalue weighted by Crippen LogP contribution is -2.39. The van der Waals surface area contributed by atoms with E-state index in [4.69, 9.17) is 11.6 Å². The van der Waals surface area contributed by atoms with E-state index in [1.165, 1.54) is 0 Å². The highest BCUT2D eigenvalue weighted by molar-refractivity contribution is 9.10. The molecule has 0 saturated heterocycles. The third-order valence-corrected chi connectivity index (χ3v) is 5.00. The molecule has 0 aromatic heterocycles. The fourth-order valence-electron chi connectivity index (χ4n) is 1.51. The molecule has 1 aromatic carbocycles. The topological polar surface area (TPSA) is 17.1 Å². The van der Waals surface area contributed by atoms with E-state index in [1.54, 1.807) is 0 Å². The van der Waals surface area contributed by atoms with Crippen LogP contribution in [0, 0.1) is 5.41 Å². The maximum Gasteiger partial charge on any atom is 0.243 e. The molecule has 0 saturated carbocycles. The van der Waals surface area contributed by atoms with Crippen molar-refractivity contribution in [3.05, 3.63) is 35.9 Å². The van der Waals surface area contributed by atoms with Gasteiger partial charge in [-0.25, -0.2) is 0 Å². The fourth-order valence-corrected chi connectivity index (χ4v) is 2.17. The maximum absolute atomic E-state index is 11.6. The quantitative estimate of drug-likeness (QED) is 0.592. The summed E-state index contributed by atoms with van der Waals surface area (Å²) < 4.78 is -0.831. The molecule has 0 aliphatic heterocycles. The van der Waals surface area contributed by atoms with Crippen molar-refractivity contribution in [3.8, 4) is 0 Å². The van der Waals surface area contributed by atoms with Crippen LogP contribution < -0.4 is 0 Å². The van der Waals surface area contributed by atoms with Crippen molar-refractivity contribution in [1.82, 2.24) is 0 Å². The van der Waals surface area contributed by atoms with Crippen LogP contribution in [0.5, 0.6) is 0 Å². The summed E-state index contributed by atoms with van der Waals surface area (Å²) in [6.07, 6.45) is 0. The zero-order valence-electron chi connectivity index (χ0n) is 9.05. The van der Waals surface area contributed by atoms with Crippen LogP contribution in [-0.4, -0.2) is 5.24 Å². The van der Waals surface area contributed by atoms with Crippen LogP contribution >= 0.6 is 27.5 Å². The summed E-state index contributed by atoms with van der Waals surface area (Å²) in [5.41, 5.74) is 0.602. The van der Waals surface area contributed by atoms with Crippen LogP contribution in [0.2, 0.25) is 0 Å². The van der Waals surface area contributed by atoms with Crippen LogP contribution in [0.3, 0.4) is 0 Å². The zero-order chi connectivity index (χ0) is 11.7. The first kappa shape index (κ1) is 12.7. The Morgan fingerprint density at radius 3 is 2.00 bits per heavy atom. The number of carbonyl (C=O) groups excluding carboxylic acids is 1.